The first-order valence-corrected chi connectivity index (χ1v) is 4.14. The summed E-state index contributed by atoms with van der Waals surface area (Å²) in [6.07, 6.45) is -0.623. The molecule has 0 aliphatic rings. The van der Waals surface area contributed by atoms with Crippen LogP contribution in [-0.2, 0) is 0 Å². The predicted octanol–water partition coefficient (Wildman–Crippen LogP) is 0.0699. The normalized spacial score (nSPS) is 16.9. The first-order chi connectivity index (χ1) is 5.06. The van der Waals surface area contributed by atoms with Crippen molar-refractivity contribution in [3.8, 4) is 0 Å². The molecule has 0 aliphatic heterocycles. The molecule has 2 atom stereocenters. The van der Waals surface area contributed by atoms with Crippen LogP contribution in [0.4, 0.5) is 0 Å². The van der Waals surface area contributed by atoms with Crippen molar-refractivity contribution in [2.75, 3.05) is 19.6 Å². The molecule has 0 spiro atoms. The summed E-state index contributed by atoms with van der Waals surface area (Å²) in [5.41, 5.74) is 0. The molecule has 0 saturated carbocycles. The number of hydrogen-bond donors (Lipinski definition) is 2. The molecule has 1 unspecified atom stereocenters. The van der Waals surface area contributed by atoms with Gasteiger partial charge in [0.05, 0.1) is 12.2 Å². The summed E-state index contributed by atoms with van der Waals surface area (Å²) in [6.45, 7) is 7.68. The summed E-state index contributed by atoms with van der Waals surface area (Å²) in [6, 6.07) is 0. The van der Waals surface area contributed by atoms with Gasteiger partial charge in [0, 0.05) is 13.1 Å². The Bertz CT molecular complexity index is 84.1. The molecular weight excluding hydrogens is 142 g/mol. The third-order valence-corrected chi connectivity index (χ3v) is 1.49. The van der Waals surface area contributed by atoms with Crippen molar-refractivity contribution in [2.24, 2.45) is 0 Å². The molecule has 0 saturated heterocycles. The van der Waals surface area contributed by atoms with E-state index in [0.717, 1.165) is 6.54 Å². The minimum absolute atomic E-state index is 0.311. The molecule has 0 radical (unpaired) electrons. The van der Waals surface area contributed by atoms with E-state index >= 15 is 0 Å². The van der Waals surface area contributed by atoms with Gasteiger partial charge >= 0.3 is 0 Å². The van der Waals surface area contributed by atoms with Gasteiger partial charge < -0.3 is 10.2 Å². The van der Waals surface area contributed by atoms with Gasteiger partial charge in [-0.15, -0.1) is 0 Å². The van der Waals surface area contributed by atoms with Crippen molar-refractivity contribution < 1.29 is 10.2 Å². The molecule has 0 aromatic carbocycles. The molecule has 68 valence electrons. The van der Waals surface area contributed by atoms with Gasteiger partial charge in [0.15, 0.2) is 0 Å². The van der Waals surface area contributed by atoms with Crippen LogP contribution in [0.15, 0.2) is 0 Å². The SMILES string of the molecule is CCN(CC(C)O)C[C@H](C)O. The fraction of sp³-hybridized carbons (Fsp3) is 1.00. The second-order valence-electron chi connectivity index (χ2n) is 3.05. The van der Waals surface area contributed by atoms with E-state index in [1.165, 1.54) is 0 Å². The van der Waals surface area contributed by atoms with E-state index in [4.69, 9.17) is 10.2 Å². The Morgan fingerprint density at radius 2 is 1.45 bits per heavy atom. The maximum absolute atomic E-state index is 9.04. The summed E-state index contributed by atoms with van der Waals surface area (Å²) in [5.74, 6) is 0. The Balaban J connectivity index is 3.58. The largest absolute Gasteiger partial charge is 0.392 e. The van der Waals surface area contributed by atoms with Crippen LogP contribution < -0.4 is 0 Å². The lowest BCUT2D eigenvalue weighted by Gasteiger charge is -2.22. The number of likely N-dealkylation sites (N-methyl/N-ethyl adjacent to an activating group) is 1. The summed E-state index contributed by atoms with van der Waals surface area (Å²) in [4.78, 5) is 2.02. The van der Waals surface area contributed by atoms with Crippen molar-refractivity contribution in [2.45, 2.75) is 33.0 Å². The quantitative estimate of drug-likeness (QED) is 0.599. The fourth-order valence-electron chi connectivity index (χ4n) is 1.08. The molecule has 3 nitrogen and oxygen atoms in total. The second-order valence-corrected chi connectivity index (χ2v) is 3.05. The standard InChI is InChI=1S/C8H19NO2/c1-4-9(5-7(2)10)6-8(3)11/h7-8,10-11H,4-6H2,1-3H3/t7-,8?/m0/s1. The zero-order valence-electron chi connectivity index (χ0n) is 7.62. The molecule has 0 fully saturated rings. The Morgan fingerprint density at radius 1 is 1.09 bits per heavy atom. The van der Waals surface area contributed by atoms with Crippen LogP contribution in [0.1, 0.15) is 20.8 Å². The van der Waals surface area contributed by atoms with Crippen molar-refractivity contribution in [3.63, 3.8) is 0 Å². The Morgan fingerprint density at radius 3 is 1.64 bits per heavy atom. The van der Waals surface area contributed by atoms with E-state index in [-0.39, 0.29) is 12.2 Å². The molecule has 0 amide bonds. The highest BCUT2D eigenvalue weighted by molar-refractivity contribution is 4.61. The molecule has 0 aromatic rings. The van der Waals surface area contributed by atoms with Crippen LogP contribution in [0.25, 0.3) is 0 Å². The van der Waals surface area contributed by atoms with Gasteiger partial charge in [-0.3, -0.25) is 4.90 Å². The second kappa shape index (κ2) is 5.52. The number of nitrogens with zero attached hydrogens (tertiary/aromatic N) is 1. The van der Waals surface area contributed by atoms with Crippen molar-refractivity contribution in [1.82, 2.24) is 4.90 Å². The van der Waals surface area contributed by atoms with Crippen molar-refractivity contribution in [3.05, 3.63) is 0 Å². The molecule has 11 heavy (non-hydrogen) atoms. The van der Waals surface area contributed by atoms with Gasteiger partial charge in [-0.1, -0.05) is 6.92 Å². The summed E-state index contributed by atoms with van der Waals surface area (Å²) in [5, 5.41) is 18.1. The number of hydrogen-bond acceptors (Lipinski definition) is 3. The topological polar surface area (TPSA) is 43.7 Å². The molecule has 0 rings (SSSR count). The first-order valence-electron chi connectivity index (χ1n) is 4.14. The Labute approximate surface area is 68.6 Å². The minimum Gasteiger partial charge on any atom is -0.392 e. The maximum atomic E-state index is 9.04. The van der Waals surface area contributed by atoms with Gasteiger partial charge in [-0.25, -0.2) is 0 Å². The molecular formula is C8H19NO2. The Hall–Kier alpha value is -0.120. The predicted molar refractivity (Wildman–Crippen MR) is 45.5 cm³/mol. The van der Waals surface area contributed by atoms with E-state index in [1.807, 2.05) is 11.8 Å². The van der Waals surface area contributed by atoms with Crippen LogP contribution in [0.3, 0.4) is 0 Å². The third kappa shape index (κ3) is 6.28. The zero-order valence-corrected chi connectivity index (χ0v) is 7.62. The van der Waals surface area contributed by atoms with E-state index < -0.39 is 0 Å². The zero-order chi connectivity index (χ0) is 8.85. The minimum atomic E-state index is -0.311. The average Bonchev–Trinajstić information content (AvgIpc) is 1.84. The Kier molecular flexibility index (Phi) is 5.46. The van der Waals surface area contributed by atoms with E-state index in [2.05, 4.69) is 0 Å². The lowest BCUT2D eigenvalue weighted by Crippen LogP contribution is -2.35. The van der Waals surface area contributed by atoms with E-state index in [9.17, 15) is 0 Å². The highest BCUT2D eigenvalue weighted by Gasteiger charge is 2.07. The van der Waals surface area contributed by atoms with Crippen molar-refractivity contribution in [1.29, 1.82) is 0 Å². The van der Waals surface area contributed by atoms with E-state index in [0.29, 0.717) is 13.1 Å². The molecule has 2 N–H and O–H groups in total. The molecule has 0 bridgehead atoms. The van der Waals surface area contributed by atoms with Gasteiger partial charge in [0.2, 0.25) is 0 Å². The smallest absolute Gasteiger partial charge is 0.0639 e. The third-order valence-electron chi connectivity index (χ3n) is 1.49. The van der Waals surface area contributed by atoms with Crippen LogP contribution in [-0.4, -0.2) is 47.0 Å². The van der Waals surface area contributed by atoms with Gasteiger partial charge in [0.1, 0.15) is 0 Å². The maximum Gasteiger partial charge on any atom is 0.0639 e. The van der Waals surface area contributed by atoms with Gasteiger partial charge in [-0.05, 0) is 20.4 Å². The molecule has 0 heterocycles. The monoisotopic (exact) mass is 161 g/mol. The molecule has 0 aromatic heterocycles. The van der Waals surface area contributed by atoms with Crippen LogP contribution >= 0.6 is 0 Å². The first kappa shape index (κ1) is 10.9. The number of aliphatic hydroxyl groups excluding tert-OH is 2. The van der Waals surface area contributed by atoms with Gasteiger partial charge in [0.25, 0.3) is 0 Å². The number of rotatable bonds is 5. The fourth-order valence-corrected chi connectivity index (χ4v) is 1.08. The van der Waals surface area contributed by atoms with Crippen LogP contribution in [0, 0.1) is 0 Å². The lowest BCUT2D eigenvalue weighted by molar-refractivity contribution is 0.0869. The summed E-state index contributed by atoms with van der Waals surface area (Å²) in [7, 11) is 0. The highest BCUT2D eigenvalue weighted by Crippen LogP contribution is 1.94. The summed E-state index contributed by atoms with van der Waals surface area (Å²) < 4.78 is 0. The van der Waals surface area contributed by atoms with Gasteiger partial charge in [-0.2, -0.15) is 0 Å². The van der Waals surface area contributed by atoms with Crippen LogP contribution in [0.2, 0.25) is 0 Å². The molecule has 0 aliphatic carbocycles. The number of aliphatic hydroxyl groups is 2. The molecule has 3 heteroatoms. The average molecular weight is 161 g/mol. The van der Waals surface area contributed by atoms with E-state index in [1.54, 1.807) is 13.8 Å². The lowest BCUT2D eigenvalue weighted by atomic mass is 10.3. The summed E-state index contributed by atoms with van der Waals surface area (Å²) >= 11 is 0. The van der Waals surface area contributed by atoms with Crippen LogP contribution in [0.5, 0.6) is 0 Å². The highest BCUT2D eigenvalue weighted by atomic mass is 16.3. The van der Waals surface area contributed by atoms with Crippen molar-refractivity contribution >= 4 is 0 Å².